The molecular weight excluding hydrogens is 228 g/mol. The summed E-state index contributed by atoms with van der Waals surface area (Å²) in [5, 5.41) is 12.4. The standard InChI is InChI=1S/C14H16N2O2/c15-8-10-1-3-11(4-2-10)16-12-5-6-13-14(7-12)18-9-17-13/h5-7,10-11,16H,1-4,9H2. The molecule has 0 atom stereocenters. The molecular formula is C14H16N2O2. The predicted octanol–water partition coefficient (Wildman–Crippen LogP) is 2.91. The van der Waals surface area contributed by atoms with Gasteiger partial charge in [0.2, 0.25) is 6.79 Å². The Morgan fingerprint density at radius 2 is 1.89 bits per heavy atom. The second kappa shape index (κ2) is 4.77. The fourth-order valence-electron chi connectivity index (χ4n) is 2.59. The van der Waals surface area contributed by atoms with E-state index in [-0.39, 0.29) is 5.92 Å². The predicted molar refractivity (Wildman–Crippen MR) is 67.5 cm³/mol. The number of nitrogens with one attached hydrogen (secondary N) is 1. The Balaban J connectivity index is 1.62. The van der Waals surface area contributed by atoms with Gasteiger partial charge in [0.25, 0.3) is 0 Å². The van der Waals surface area contributed by atoms with Crippen LogP contribution in [0.1, 0.15) is 25.7 Å². The average Bonchev–Trinajstić information content (AvgIpc) is 2.87. The number of fused-ring (bicyclic) bond motifs is 1. The molecule has 4 nitrogen and oxygen atoms in total. The SMILES string of the molecule is N#CC1CCC(Nc2ccc3c(c2)OCO3)CC1. The third-order valence-electron chi connectivity index (χ3n) is 3.65. The van der Waals surface area contributed by atoms with E-state index in [9.17, 15) is 0 Å². The maximum absolute atomic E-state index is 8.87. The Bertz CT molecular complexity index is 473. The molecule has 0 radical (unpaired) electrons. The van der Waals surface area contributed by atoms with Crippen LogP contribution in [-0.4, -0.2) is 12.8 Å². The van der Waals surface area contributed by atoms with Gasteiger partial charge in [-0.3, -0.25) is 0 Å². The largest absolute Gasteiger partial charge is 0.454 e. The van der Waals surface area contributed by atoms with Gasteiger partial charge in [-0.15, -0.1) is 0 Å². The lowest BCUT2D eigenvalue weighted by atomic mass is 9.87. The van der Waals surface area contributed by atoms with Crippen molar-refractivity contribution in [1.82, 2.24) is 0 Å². The van der Waals surface area contributed by atoms with E-state index in [1.54, 1.807) is 0 Å². The lowest BCUT2D eigenvalue weighted by Gasteiger charge is -2.26. The third kappa shape index (κ3) is 2.21. The molecule has 94 valence electrons. The number of anilines is 1. The number of nitrogens with zero attached hydrogens (tertiary/aromatic N) is 1. The molecule has 1 aliphatic carbocycles. The molecule has 1 saturated carbocycles. The van der Waals surface area contributed by atoms with Gasteiger partial charge in [0.15, 0.2) is 11.5 Å². The van der Waals surface area contributed by atoms with Crippen molar-refractivity contribution in [3.05, 3.63) is 18.2 Å². The van der Waals surface area contributed by atoms with Crippen molar-refractivity contribution < 1.29 is 9.47 Å². The molecule has 1 aromatic carbocycles. The molecule has 1 aliphatic heterocycles. The van der Waals surface area contributed by atoms with Crippen LogP contribution in [0.25, 0.3) is 0 Å². The van der Waals surface area contributed by atoms with Crippen LogP contribution in [0.4, 0.5) is 5.69 Å². The summed E-state index contributed by atoms with van der Waals surface area (Å²) in [5.41, 5.74) is 1.07. The Kier molecular flexibility index (Phi) is 2.97. The summed E-state index contributed by atoms with van der Waals surface area (Å²) in [6.07, 6.45) is 4.12. The average molecular weight is 244 g/mol. The van der Waals surface area contributed by atoms with E-state index in [0.717, 1.165) is 42.9 Å². The molecule has 2 aliphatic rings. The number of rotatable bonds is 2. The van der Waals surface area contributed by atoms with Gasteiger partial charge in [-0.05, 0) is 37.8 Å². The van der Waals surface area contributed by atoms with Crippen molar-refractivity contribution in [3.8, 4) is 17.6 Å². The lowest BCUT2D eigenvalue weighted by molar-refractivity contribution is 0.174. The molecule has 0 aromatic heterocycles. The summed E-state index contributed by atoms with van der Waals surface area (Å²) in [4.78, 5) is 0. The van der Waals surface area contributed by atoms with Crippen molar-refractivity contribution in [2.45, 2.75) is 31.7 Å². The molecule has 1 aromatic rings. The monoisotopic (exact) mass is 244 g/mol. The molecule has 0 amide bonds. The zero-order chi connectivity index (χ0) is 12.4. The Morgan fingerprint density at radius 3 is 2.67 bits per heavy atom. The molecule has 1 N–H and O–H groups in total. The van der Waals surface area contributed by atoms with Crippen molar-refractivity contribution in [2.75, 3.05) is 12.1 Å². The van der Waals surface area contributed by atoms with Crippen molar-refractivity contribution in [2.24, 2.45) is 5.92 Å². The Labute approximate surface area is 107 Å². The molecule has 1 fully saturated rings. The molecule has 0 unspecified atom stereocenters. The second-order valence-electron chi connectivity index (χ2n) is 4.89. The lowest BCUT2D eigenvalue weighted by Crippen LogP contribution is -2.25. The van der Waals surface area contributed by atoms with E-state index in [2.05, 4.69) is 11.4 Å². The molecule has 0 bridgehead atoms. The summed E-state index contributed by atoms with van der Waals surface area (Å²) in [5.74, 6) is 1.87. The topological polar surface area (TPSA) is 54.3 Å². The van der Waals surface area contributed by atoms with Crippen molar-refractivity contribution in [1.29, 1.82) is 5.26 Å². The number of ether oxygens (including phenoxy) is 2. The Morgan fingerprint density at radius 1 is 1.11 bits per heavy atom. The minimum Gasteiger partial charge on any atom is -0.454 e. The summed E-state index contributed by atoms with van der Waals surface area (Å²) >= 11 is 0. The van der Waals surface area contributed by atoms with Crippen LogP contribution < -0.4 is 14.8 Å². The zero-order valence-electron chi connectivity index (χ0n) is 10.2. The van der Waals surface area contributed by atoms with Gasteiger partial charge >= 0.3 is 0 Å². The highest BCUT2D eigenvalue weighted by Crippen LogP contribution is 2.35. The van der Waals surface area contributed by atoms with E-state index in [1.165, 1.54) is 0 Å². The summed E-state index contributed by atoms with van der Waals surface area (Å²) in [6.45, 7) is 0.312. The van der Waals surface area contributed by atoms with Crippen LogP contribution in [0.15, 0.2) is 18.2 Å². The van der Waals surface area contributed by atoms with Crippen molar-refractivity contribution in [3.63, 3.8) is 0 Å². The smallest absolute Gasteiger partial charge is 0.231 e. The second-order valence-corrected chi connectivity index (χ2v) is 4.89. The van der Waals surface area contributed by atoms with Gasteiger partial charge in [-0.25, -0.2) is 0 Å². The molecule has 0 spiro atoms. The highest BCUT2D eigenvalue weighted by molar-refractivity contribution is 5.56. The molecule has 0 saturated heterocycles. The Hall–Kier alpha value is -1.89. The first-order valence-electron chi connectivity index (χ1n) is 6.41. The van der Waals surface area contributed by atoms with E-state index in [0.29, 0.717) is 12.8 Å². The van der Waals surface area contributed by atoms with Crippen LogP contribution in [0, 0.1) is 17.2 Å². The van der Waals surface area contributed by atoms with E-state index >= 15 is 0 Å². The quantitative estimate of drug-likeness (QED) is 0.869. The fraction of sp³-hybridized carbons (Fsp3) is 0.500. The zero-order valence-corrected chi connectivity index (χ0v) is 10.2. The summed E-state index contributed by atoms with van der Waals surface area (Å²) in [7, 11) is 0. The minimum atomic E-state index is 0.250. The van der Waals surface area contributed by atoms with Gasteiger partial charge in [0.1, 0.15) is 0 Å². The van der Waals surface area contributed by atoms with Crippen LogP contribution >= 0.6 is 0 Å². The van der Waals surface area contributed by atoms with Crippen LogP contribution in [0.3, 0.4) is 0 Å². The fourth-order valence-corrected chi connectivity index (χ4v) is 2.59. The summed E-state index contributed by atoms with van der Waals surface area (Å²) in [6, 6.07) is 8.76. The molecule has 3 rings (SSSR count). The van der Waals surface area contributed by atoms with Gasteiger partial charge in [0.05, 0.1) is 6.07 Å². The third-order valence-corrected chi connectivity index (χ3v) is 3.65. The molecule has 18 heavy (non-hydrogen) atoms. The van der Waals surface area contributed by atoms with Crippen LogP contribution in [0.5, 0.6) is 11.5 Å². The number of benzene rings is 1. The first-order chi connectivity index (χ1) is 8.85. The van der Waals surface area contributed by atoms with Gasteiger partial charge < -0.3 is 14.8 Å². The number of hydrogen-bond donors (Lipinski definition) is 1. The van der Waals surface area contributed by atoms with Gasteiger partial charge in [-0.2, -0.15) is 5.26 Å². The van der Waals surface area contributed by atoms with Gasteiger partial charge in [0, 0.05) is 23.7 Å². The van der Waals surface area contributed by atoms with E-state index in [1.807, 2.05) is 18.2 Å². The maximum atomic E-state index is 8.87. The van der Waals surface area contributed by atoms with Gasteiger partial charge in [-0.1, -0.05) is 0 Å². The molecule has 4 heteroatoms. The highest BCUT2D eigenvalue weighted by Gasteiger charge is 2.21. The first-order valence-corrected chi connectivity index (χ1v) is 6.41. The molecule has 1 heterocycles. The maximum Gasteiger partial charge on any atom is 0.231 e. The normalized spacial score (nSPS) is 25.5. The van der Waals surface area contributed by atoms with Crippen molar-refractivity contribution >= 4 is 5.69 Å². The summed E-state index contributed by atoms with van der Waals surface area (Å²) < 4.78 is 10.6. The minimum absolute atomic E-state index is 0.250. The van der Waals surface area contributed by atoms with E-state index < -0.39 is 0 Å². The number of nitriles is 1. The van der Waals surface area contributed by atoms with Crippen LogP contribution in [-0.2, 0) is 0 Å². The van der Waals surface area contributed by atoms with Crippen LogP contribution in [0.2, 0.25) is 0 Å². The highest BCUT2D eigenvalue weighted by atomic mass is 16.7. The first kappa shape index (κ1) is 11.2. The number of hydrogen-bond acceptors (Lipinski definition) is 4. The van der Waals surface area contributed by atoms with E-state index in [4.69, 9.17) is 14.7 Å².